The van der Waals surface area contributed by atoms with Crippen LogP contribution < -0.4 is 10.1 Å². The van der Waals surface area contributed by atoms with Gasteiger partial charge in [-0.05, 0) is 49.2 Å². The molecule has 5 nitrogen and oxygen atoms in total. The average molecular weight is 309 g/mol. The van der Waals surface area contributed by atoms with Crippen LogP contribution in [0.4, 0.5) is 5.69 Å². The monoisotopic (exact) mass is 309 g/mol. The molecule has 118 valence electrons. The first kappa shape index (κ1) is 15.1. The van der Waals surface area contributed by atoms with Gasteiger partial charge in [-0.1, -0.05) is 13.0 Å². The number of imidazole rings is 1. The van der Waals surface area contributed by atoms with Crippen LogP contribution >= 0.6 is 0 Å². The van der Waals surface area contributed by atoms with Gasteiger partial charge in [0.05, 0.1) is 12.8 Å². The summed E-state index contributed by atoms with van der Waals surface area (Å²) in [6.45, 7) is 4.00. The van der Waals surface area contributed by atoms with E-state index in [9.17, 15) is 4.79 Å². The molecule has 0 fully saturated rings. The zero-order valence-corrected chi connectivity index (χ0v) is 13.5. The van der Waals surface area contributed by atoms with Gasteiger partial charge in [-0.2, -0.15) is 0 Å². The molecular formula is C18H19N3O2. The molecule has 5 heteroatoms. The number of amides is 1. The number of anilines is 1. The standard InChI is InChI=1S/C18H19N3O2/c1-4-15-17(21-11-12(2)5-10-16(21)20-15)18(22)19-13-6-8-14(23-3)9-7-13/h5-11H,4H2,1-3H3,(H,19,22). The average Bonchev–Trinajstić information content (AvgIpc) is 2.93. The lowest BCUT2D eigenvalue weighted by Gasteiger charge is -2.08. The zero-order chi connectivity index (χ0) is 16.4. The minimum absolute atomic E-state index is 0.162. The zero-order valence-electron chi connectivity index (χ0n) is 13.5. The predicted octanol–water partition coefficient (Wildman–Crippen LogP) is 3.47. The van der Waals surface area contributed by atoms with Crippen LogP contribution in [-0.4, -0.2) is 22.4 Å². The second kappa shape index (κ2) is 6.12. The largest absolute Gasteiger partial charge is 0.497 e. The number of nitrogens with zero attached hydrogens (tertiary/aromatic N) is 2. The van der Waals surface area contributed by atoms with Gasteiger partial charge in [0.15, 0.2) is 0 Å². The van der Waals surface area contributed by atoms with E-state index in [-0.39, 0.29) is 5.91 Å². The smallest absolute Gasteiger partial charge is 0.274 e. The maximum Gasteiger partial charge on any atom is 0.274 e. The van der Waals surface area contributed by atoms with E-state index >= 15 is 0 Å². The summed E-state index contributed by atoms with van der Waals surface area (Å²) in [5, 5.41) is 2.93. The topological polar surface area (TPSA) is 55.6 Å². The Kier molecular flexibility index (Phi) is 4.02. The number of carbonyl (C=O) groups excluding carboxylic acids is 1. The molecule has 0 unspecified atom stereocenters. The number of ether oxygens (including phenoxy) is 1. The molecular weight excluding hydrogens is 290 g/mol. The second-order valence-electron chi connectivity index (χ2n) is 5.38. The van der Waals surface area contributed by atoms with E-state index in [1.807, 2.05) is 60.8 Å². The summed E-state index contributed by atoms with van der Waals surface area (Å²) in [5.74, 6) is 0.591. The molecule has 1 amide bonds. The Balaban J connectivity index is 1.97. The Bertz CT molecular complexity index is 851. The predicted molar refractivity (Wildman–Crippen MR) is 90.3 cm³/mol. The summed E-state index contributed by atoms with van der Waals surface area (Å²) in [6.07, 6.45) is 2.64. The minimum atomic E-state index is -0.162. The molecule has 2 heterocycles. The number of aromatic nitrogens is 2. The van der Waals surface area contributed by atoms with Crippen LogP contribution in [-0.2, 0) is 6.42 Å². The van der Waals surface area contributed by atoms with Gasteiger partial charge in [0.1, 0.15) is 17.1 Å². The lowest BCUT2D eigenvalue weighted by molar-refractivity contribution is 0.102. The maximum absolute atomic E-state index is 12.7. The van der Waals surface area contributed by atoms with Crippen LogP contribution in [0.2, 0.25) is 0 Å². The van der Waals surface area contributed by atoms with Crippen LogP contribution in [0.25, 0.3) is 5.65 Å². The highest BCUT2D eigenvalue weighted by Gasteiger charge is 2.18. The quantitative estimate of drug-likeness (QED) is 0.803. The third-order valence-electron chi connectivity index (χ3n) is 3.74. The van der Waals surface area contributed by atoms with Gasteiger partial charge < -0.3 is 10.1 Å². The van der Waals surface area contributed by atoms with Crippen molar-refractivity contribution in [2.24, 2.45) is 0 Å². The number of rotatable bonds is 4. The van der Waals surface area contributed by atoms with E-state index in [1.54, 1.807) is 7.11 Å². The highest BCUT2D eigenvalue weighted by molar-refractivity contribution is 6.04. The van der Waals surface area contributed by atoms with E-state index in [2.05, 4.69) is 10.3 Å². The first-order valence-corrected chi connectivity index (χ1v) is 7.55. The van der Waals surface area contributed by atoms with E-state index in [4.69, 9.17) is 4.74 Å². The Morgan fingerprint density at radius 3 is 2.61 bits per heavy atom. The van der Waals surface area contributed by atoms with Crippen LogP contribution in [0.15, 0.2) is 42.6 Å². The summed E-state index contributed by atoms with van der Waals surface area (Å²) in [7, 11) is 1.61. The van der Waals surface area contributed by atoms with Gasteiger partial charge in [0.25, 0.3) is 5.91 Å². The number of hydrogen-bond acceptors (Lipinski definition) is 3. The molecule has 0 radical (unpaired) electrons. The molecule has 0 saturated carbocycles. The van der Waals surface area contributed by atoms with Crippen molar-refractivity contribution < 1.29 is 9.53 Å². The molecule has 0 atom stereocenters. The fourth-order valence-electron chi connectivity index (χ4n) is 2.55. The second-order valence-corrected chi connectivity index (χ2v) is 5.38. The Morgan fingerprint density at radius 1 is 1.22 bits per heavy atom. The molecule has 23 heavy (non-hydrogen) atoms. The number of nitrogens with one attached hydrogen (secondary N) is 1. The number of fused-ring (bicyclic) bond motifs is 1. The third kappa shape index (κ3) is 2.90. The minimum Gasteiger partial charge on any atom is -0.497 e. The molecule has 3 rings (SSSR count). The van der Waals surface area contributed by atoms with Crippen molar-refractivity contribution >= 4 is 17.2 Å². The molecule has 0 bridgehead atoms. The van der Waals surface area contributed by atoms with Gasteiger partial charge in [-0.3, -0.25) is 9.20 Å². The molecule has 1 aromatic carbocycles. The van der Waals surface area contributed by atoms with Crippen LogP contribution in [0, 0.1) is 6.92 Å². The molecule has 0 aliphatic rings. The Morgan fingerprint density at radius 2 is 1.96 bits per heavy atom. The first-order valence-electron chi connectivity index (χ1n) is 7.55. The first-order chi connectivity index (χ1) is 11.1. The molecule has 2 aromatic heterocycles. The summed E-state index contributed by atoms with van der Waals surface area (Å²) >= 11 is 0. The van der Waals surface area contributed by atoms with Crippen molar-refractivity contribution in [3.05, 3.63) is 59.5 Å². The van der Waals surface area contributed by atoms with Crippen molar-refractivity contribution in [2.45, 2.75) is 20.3 Å². The number of carbonyl (C=O) groups is 1. The summed E-state index contributed by atoms with van der Waals surface area (Å²) < 4.78 is 6.98. The van der Waals surface area contributed by atoms with Crippen molar-refractivity contribution in [1.29, 1.82) is 0 Å². The Labute approximate surface area is 134 Å². The van der Waals surface area contributed by atoms with Crippen molar-refractivity contribution in [2.75, 3.05) is 12.4 Å². The van der Waals surface area contributed by atoms with E-state index < -0.39 is 0 Å². The molecule has 1 N–H and O–H groups in total. The fraction of sp³-hybridized carbons (Fsp3) is 0.222. The van der Waals surface area contributed by atoms with Crippen LogP contribution in [0.5, 0.6) is 5.75 Å². The van der Waals surface area contributed by atoms with Gasteiger partial charge in [-0.15, -0.1) is 0 Å². The summed E-state index contributed by atoms with van der Waals surface area (Å²) in [4.78, 5) is 17.3. The van der Waals surface area contributed by atoms with E-state index in [1.165, 1.54) is 0 Å². The normalized spacial score (nSPS) is 10.7. The number of pyridine rings is 1. The molecule has 0 saturated heterocycles. The molecule has 0 aliphatic heterocycles. The highest BCUT2D eigenvalue weighted by atomic mass is 16.5. The van der Waals surface area contributed by atoms with Gasteiger partial charge in [0, 0.05) is 11.9 Å². The number of hydrogen-bond donors (Lipinski definition) is 1. The summed E-state index contributed by atoms with van der Waals surface area (Å²) in [6, 6.07) is 11.2. The molecule has 3 aromatic rings. The van der Waals surface area contributed by atoms with Crippen molar-refractivity contribution in [3.8, 4) is 5.75 Å². The van der Waals surface area contributed by atoms with Crippen LogP contribution in [0.3, 0.4) is 0 Å². The number of aryl methyl sites for hydroxylation is 2. The van der Waals surface area contributed by atoms with Gasteiger partial charge in [0.2, 0.25) is 0 Å². The van der Waals surface area contributed by atoms with E-state index in [0.717, 1.165) is 28.3 Å². The summed E-state index contributed by atoms with van der Waals surface area (Å²) in [5.41, 5.74) is 3.97. The third-order valence-corrected chi connectivity index (χ3v) is 3.74. The van der Waals surface area contributed by atoms with E-state index in [0.29, 0.717) is 12.1 Å². The SMILES string of the molecule is CCc1nc2ccc(C)cn2c1C(=O)Nc1ccc(OC)cc1. The van der Waals surface area contributed by atoms with Crippen LogP contribution in [0.1, 0.15) is 28.7 Å². The molecule has 0 spiro atoms. The van der Waals surface area contributed by atoms with Crippen molar-refractivity contribution in [3.63, 3.8) is 0 Å². The highest BCUT2D eigenvalue weighted by Crippen LogP contribution is 2.19. The Hall–Kier alpha value is -2.82. The fourth-order valence-corrected chi connectivity index (χ4v) is 2.55. The lowest BCUT2D eigenvalue weighted by atomic mass is 10.2. The van der Waals surface area contributed by atoms with Crippen molar-refractivity contribution in [1.82, 2.24) is 9.38 Å². The maximum atomic E-state index is 12.7. The molecule has 0 aliphatic carbocycles. The number of benzene rings is 1. The van der Waals surface area contributed by atoms with Gasteiger partial charge >= 0.3 is 0 Å². The number of methoxy groups -OCH3 is 1. The lowest BCUT2D eigenvalue weighted by Crippen LogP contribution is -2.16. The van der Waals surface area contributed by atoms with Gasteiger partial charge in [-0.25, -0.2) is 4.98 Å².